The third-order valence-electron chi connectivity index (χ3n) is 3.69. The summed E-state index contributed by atoms with van der Waals surface area (Å²) in [4.78, 5) is 26.7. The van der Waals surface area contributed by atoms with Crippen LogP contribution >= 0.6 is 12.6 Å². The molecule has 0 heterocycles. The first-order chi connectivity index (χ1) is 11.7. The molecular formula is C19H21NO3S. The number of nitrogens with zero attached hydrogens (tertiary/aromatic N) is 1. The Labute approximate surface area is 147 Å². The number of hydrogen-bond acceptors (Lipinski definition) is 4. The van der Waals surface area contributed by atoms with Crippen LogP contribution in [0.3, 0.4) is 0 Å². The van der Waals surface area contributed by atoms with Crippen molar-refractivity contribution < 1.29 is 14.3 Å². The first-order valence-electron chi connectivity index (χ1n) is 7.77. The first kappa shape index (κ1) is 18.1. The van der Waals surface area contributed by atoms with Crippen molar-refractivity contribution in [3.63, 3.8) is 0 Å². The van der Waals surface area contributed by atoms with Crippen LogP contribution < -0.4 is 4.90 Å². The topological polar surface area (TPSA) is 46.6 Å². The van der Waals surface area contributed by atoms with Crippen molar-refractivity contribution in [2.45, 2.75) is 18.9 Å². The van der Waals surface area contributed by atoms with E-state index >= 15 is 0 Å². The van der Waals surface area contributed by atoms with Gasteiger partial charge >= 0.3 is 5.97 Å². The second kappa shape index (κ2) is 9.13. The van der Waals surface area contributed by atoms with Crippen molar-refractivity contribution in [1.29, 1.82) is 0 Å². The zero-order valence-corrected chi connectivity index (χ0v) is 14.5. The number of thiol groups is 1. The Bertz CT molecular complexity index is 661. The summed E-state index contributed by atoms with van der Waals surface area (Å²) >= 11 is 4.22. The highest BCUT2D eigenvalue weighted by Crippen LogP contribution is 2.21. The Morgan fingerprint density at radius 2 is 1.62 bits per heavy atom. The average molecular weight is 343 g/mol. The molecule has 2 aromatic rings. The Balaban J connectivity index is 2.34. The zero-order chi connectivity index (χ0) is 17.4. The van der Waals surface area contributed by atoms with Gasteiger partial charge in [-0.25, -0.2) is 4.79 Å². The predicted molar refractivity (Wildman–Crippen MR) is 98.3 cm³/mol. The van der Waals surface area contributed by atoms with Gasteiger partial charge in [0.05, 0.1) is 13.5 Å². The normalized spacial score (nSPS) is 11.6. The van der Waals surface area contributed by atoms with Gasteiger partial charge in [-0.05, 0) is 29.9 Å². The molecule has 5 heteroatoms. The SMILES string of the molecule is COC(=O)[C@H](CCS)N(C(=O)Cc1ccccc1)c1ccccc1. The fourth-order valence-corrected chi connectivity index (χ4v) is 2.80. The van der Waals surface area contributed by atoms with Crippen LogP contribution in [0.2, 0.25) is 0 Å². The molecule has 0 saturated carbocycles. The van der Waals surface area contributed by atoms with E-state index in [1.165, 1.54) is 12.0 Å². The van der Waals surface area contributed by atoms with Gasteiger partial charge in [0.15, 0.2) is 0 Å². The molecule has 0 radical (unpaired) electrons. The maximum absolute atomic E-state index is 12.9. The molecule has 0 unspecified atom stereocenters. The van der Waals surface area contributed by atoms with Gasteiger partial charge in [-0.1, -0.05) is 48.5 Å². The molecule has 0 aliphatic heterocycles. The number of benzene rings is 2. The zero-order valence-electron chi connectivity index (χ0n) is 13.6. The van der Waals surface area contributed by atoms with E-state index in [1.807, 2.05) is 60.7 Å². The smallest absolute Gasteiger partial charge is 0.328 e. The molecule has 0 saturated heterocycles. The van der Waals surface area contributed by atoms with Crippen LogP contribution in [0, 0.1) is 0 Å². The molecule has 0 aromatic heterocycles. The quantitative estimate of drug-likeness (QED) is 0.621. The van der Waals surface area contributed by atoms with E-state index in [9.17, 15) is 9.59 Å². The lowest BCUT2D eigenvalue weighted by Gasteiger charge is -2.30. The van der Waals surface area contributed by atoms with Crippen molar-refractivity contribution in [1.82, 2.24) is 0 Å². The molecule has 1 atom stereocenters. The number of methoxy groups -OCH3 is 1. The minimum absolute atomic E-state index is 0.149. The largest absolute Gasteiger partial charge is 0.467 e. The molecule has 0 bridgehead atoms. The van der Waals surface area contributed by atoms with Gasteiger partial charge in [-0.2, -0.15) is 12.6 Å². The van der Waals surface area contributed by atoms with E-state index in [2.05, 4.69) is 12.6 Å². The lowest BCUT2D eigenvalue weighted by atomic mass is 10.1. The van der Waals surface area contributed by atoms with E-state index in [-0.39, 0.29) is 12.3 Å². The Hall–Kier alpha value is -2.27. The van der Waals surface area contributed by atoms with Crippen LogP contribution in [0.25, 0.3) is 0 Å². The standard InChI is InChI=1S/C19H21NO3S/c1-23-19(22)17(12-13-24)20(16-10-6-3-7-11-16)18(21)14-15-8-4-2-5-9-15/h2-11,17,24H,12-14H2,1H3/t17-/m0/s1. The summed E-state index contributed by atoms with van der Waals surface area (Å²) < 4.78 is 4.90. The first-order valence-corrected chi connectivity index (χ1v) is 8.40. The van der Waals surface area contributed by atoms with Crippen molar-refractivity contribution in [2.24, 2.45) is 0 Å². The van der Waals surface area contributed by atoms with Gasteiger partial charge in [0, 0.05) is 5.69 Å². The number of carbonyl (C=O) groups is 2. The number of esters is 1. The number of carbonyl (C=O) groups excluding carboxylic acids is 2. The minimum atomic E-state index is -0.689. The van der Waals surface area contributed by atoms with Crippen molar-refractivity contribution in [3.05, 3.63) is 66.2 Å². The van der Waals surface area contributed by atoms with Gasteiger partial charge in [0.1, 0.15) is 6.04 Å². The summed E-state index contributed by atoms with van der Waals surface area (Å²) in [5, 5.41) is 0. The molecule has 24 heavy (non-hydrogen) atoms. The summed E-state index contributed by atoms with van der Waals surface area (Å²) in [5.41, 5.74) is 1.58. The summed E-state index contributed by atoms with van der Waals surface area (Å²) in [6.07, 6.45) is 0.640. The monoisotopic (exact) mass is 343 g/mol. The van der Waals surface area contributed by atoms with E-state index in [1.54, 1.807) is 0 Å². The van der Waals surface area contributed by atoms with E-state index in [0.29, 0.717) is 17.9 Å². The lowest BCUT2D eigenvalue weighted by molar-refractivity contribution is -0.143. The molecule has 2 aromatic carbocycles. The van der Waals surface area contributed by atoms with Crippen LogP contribution in [0.15, 0.2) is 60.7 Å². The average Bonchev–Trinajstić information content (AvgIpc) is 2.62. The minimum Gasteiger partial charge on any atom is -0.467 e. The second-order valence-corrected chi connectivity index (χ2v) is 5.76. The van der Waals surface area contributed by atoms with Crippen LogP contribution in [-0.4, -0.2) is 30.8 Å². The number of amides is 1. The summed E-state index contributed by atoms with van der Waals surface area (Å²) in [6, 6.07) is 18.0. The van der Waals surface area contributed by atoms with E-state index < -0.39 is 12.0 Å². The molecule has 4 nitrogen and oxygen atoms in total. The number of ether oxygens (including phenoxy) is 1. The van der Waals surface area contributed by atoms with Crippen LogP contribution in [0.5, 0.6) is 0 Å². The van der Waals surface area contributed by atoms with Gasteiger partial charge in [0.25, 0.3) is 0 Å². The third-order valence-corrected chi connectivity index (χ3v) is 3.95. The Morgan fingerprint density at radius 3 is 2.17 bits per heavy atom. The molecule has 0 N–H and O–H groups in total. The highest BCUT2D eigenvalue weighted by molar-refractivity contribution is 7.80. The van der Waals surface area contributed by atoms with Crippen LogP contribution in [0.1, 0.15) is 12.0 Å². The van der Waals surface area contributed by atoms with E-state index in [0.717, 1.165) is 5.56 Å². The number of rotatable bonds is 7. The number of para-hydroxylation sites is 1. The van der Waals surface area contributed by atoms with Crippen molar-refractivity contribution >= 4 is 30.2 Å². The molecular weight excluding hydrogens is 322 g/mol. The Morgan fingerprint density at radius 1 is 1.04 bits per heavy atom. The predicted octanol–water partition coefficient (Wildman–Crippen LogP) is 3.12. The second-order valence-electron chi connectivity index (χ2n) is 5.31. The maximum atomic E-state index is 12.9. The van der Waals surface area contributed by atoms with Crippen LogP contribution in [0.4, 0.5) is 5.69 Å². The van der Waals surface area contributed by atoms with Gasteiger partial charge in [-0.3, -0.25) is 9.69 Å². The summed E-state index contributed by atoms with van der Waals surface area (Å²) in [6.45, 7) is 0. The van der Waals surface area contributed by atoms with E-state index in [4.69, 9.17) is 4.74 Å². The van der Waals surface area contributed by atoms with Crippen molar-refractivity contribution in [2.75, 3.05) is 17.8 Å². The molecule has 126 valence electrons. The third kappa shape index (κ3) is 4.61. The molecule has 2 rings (SSSR count). The van der Waals surface area contributed by atoms with Gasteiger partial charge < -0.3 is 4.74 Å². The summed E-state index contributed by atoms with van der Waals surface area (Å²) in [5.74, 6) is -0.110. The maximum Gasteiger partial charge on any atom is 0.328 e. The molecule has 1 amide bonds. The molecule has 0 fully saturated rings. The van der Waals surface area contributed by atoms with Gasteiger partial charge in [0.2, 0.25) is 5.91 Å². The summed E-state index contributed by atoms with van der Waals surface area (Å²) in [7, 11) is 1.33. The highest BCUT2D eigenvalue weighted by Gasteiger charge is 2.31. The number of hydrogen-bond donors (Lipinski definition) is 1. The number of anilines is 1. The lowest BCUT2D eigenvalue weighted by Crippen LogP contribution is -2.47. The Kier molecular flexibility index (Phi) is 6.88. The molecule has 0 spiro atoms. The molecule has 0 aliphatic rings. The fourth-order valence-electron chi connectivity index (χ4n) is 2.55. The molecule has 0 aliphatic carbocycles. The van der Waals surface area contributed by atoms with Crippen molar-refractivity contribution in [3.8, 4) is 0 Å². The fraction of sp³-hybridized carbons (Fsp3) is 0.263. The van der Waals surface area contributed by atoms with Gasteiger partial charge in [-0.15, -0.1) is 0 Å². The highest BCUT2D eigenvalue weighted by atomic mass is 32.1. The van der Waals surface area contributed by atoms with Crippen LogP contribution in [-0.2, 0) is 20.7 Å².